The molecule has 80 heavy (non-hydrogen) atoms. The number of hydrogen-bond donors (Lipinski definition) is 0. The molecule has 6 nitrogen and oxygen atoms in total. The van der Waals surface area contributed by atoms with Crippen LogP contribution >= 0.6 is 22.7 Å². The van der Waals surface area contributed by atoms with E-state index < -0.39 is 0 Å². The summed E-state index contributed by atoms with van der Waals surface area (Å²) in [4.78, 5) is 15.0. The summed E-state index contributed by atoms with van der Waals surface area (Å²) in [5.74, 6) is 0. The summed E-state index contributed by atoms with van der Waals surface area (Å²) in [6.07, 6.45) is 11.2. The molecule has 5 aromatic heterocycles. The van der Waals surface area contributed by atoms with Gasteiger partial charge < -0.3 is 18.9 Å². The molecule has 13 aromatic rings. The molecule has 0 saturated carbocycles. The van der Waals surface area contributed by atoms with Gasteiger partial charge in [0.2, 0.25) is 0 Å². The molecule has 0 fully saturated rings. The van der Waals surface area contributed by atoms with E-state index in [1.807, 2.05) is 22.7 Å². The maximum atomic E-state index is 5.47. The fourth-order valence-corrected chi connectivity index (χ4v) is 13.5. The average Bonchev–Trinajstić information content (AvgIpc) is 4.48. The van der Waals surface area contributed by atoms with Crippen molar-refractivity contribution in [1.82, 2.24) is 14.1 Å². The van der Waals surface area contributed by atoms with E-state index in [0.29, 0.717) is 0 Å². The molecule has 0 aliphatic rings. The molecule has 0 N–H and O–H groups in total. The Morgan fingerprint density at radius 1 is 0.362 bits per heavy atom. The second-order valence-electron chi connectivity index (χ2n) is 20.9. The van der Waals surface area contributed by atoms with Gasteiger partial charge in [0, 0.05) is 96.0 Å². The molecule has 0 saturated heterocycles. The highest BCUT2D eigenvalue weighted by molar-refractivity contribution is 7.19. The highest BCUT2D eigenvalue weighted by Crippen LogP contribution is 2.44. The van der Waals surface area contributed by atoms with Crippen molar-refractivity contribution in [3.63, 3.8) is 0 Å². The largest absolute Gasteiger partial charge is 0.340 e. The summed E-state index contributed by atoms with van der Waals surface area (Å²) in [7, 11) is 0. The van der Waals surface area contributed by atoms with Crippen LogP contribution in [0.1, 0.15) is 59.3 Å². The number of benzene rings is 8. The predicted octanol–water partition coefficient (Wildman–Crippen LogP) is 20.7. The highest BCUT2D eigenvalue weighted by atomic mass is 32.1. The molecule has 13 rings (SSSR count). The second-order valence-corrected chi connectivity index (χ2v) is 23.1. The zero-order valence-electron chi connectivity index (χ0n) is 45.8. The number of hydrogen-bond acceptors (Lipinski definition) is 5. The van der Waals surface area contributed by atoms with Crippen LogP contribution in [0.15, 0.2) is 231 Å². The number of aryl methyl sites for hydroxylation is 3. The van der Waals surface area contributed by atoms with Crippen molar-refractivity contribution in [2.75, 3.05) is 9.80 Å². The van der Waals surface area contributed by atoms with Gasteiger partial charge in [0.05, 0.1) is 20.8 Å². The van der Waals surface area contributed by atoms with Crippen LogP contribution < -0.4 is 14.4 Å². The maximum Gasteiger partial charge on any atom is 0.196 e. The van der Waals surface area contributed by atoms with E-state index in [1.165, 1.54) is 74.2 Å². The summed E-state index contributed by atoms with van der Waals surface area (Å²) in [6.45, 7) is 9.69. The summed E-state index contributed by atoms with van der Waals surface area (Å²) in [5.41, 5.74) is 16.4. The van der Waals surface area contributed by atoms with E-state index in [9.17, 15) is 0 Å². The molecule has 0 radical (unpaired) electrons. The van der Waals surface area contributed by atoms with E-state index in [-0.39, 0.29) is 0 Å². The van der Waals surface area contributed by atoms with E-state index in [1.54, 1.807) is 0 Å². The summed E-state index contributed by atoms with van der Waals surface area (Å²) in [6, 6.07) is 80.2. The number of rotatable bonds is 19. The zero-order valence-corrected chi connectivity index (χ0v) is 47.4. The number of aromatic nitrogens is 4. The van der Waals surface area contributed by atoms with Crippen molar-refractivity contribution < 1.29 is 4.57 Å². The molecule has 0 spiro atoms. The van der Waals surface area contributed by atoms with Gasteiger partial charge in [-0.1, -0.05) is 149 Å². The minimum atomic E-state index is 0.944. The lowest BCUT2D eigenvalue weighted by molar-refractivity contribution is -0.696. The second kappa shape index (κ2) is 22.7. The first-order valence-electron chi connectivity index (χ1n) is 28.6. The Morgan fingerprint density at radius 2 is 0.713 bits per heavy atom. The quantitative estimate of drug-likeness (QED) is 0.0757. The lowest BCUT2D eigenvalue weighted by Gasteiger charge is -2.25. The van der Waals surface area contributed by atoms with Crippen molar-refractivity contribution in [1.29, 1.82) is 0 Å². The van der Waals surface area contributed by atoms with Crippen LogP contribution in [-0.4, -0.2) is 14.1 Å². The first-order valence-corrected chi connectivity index (χ1v) is 30.2. The Kier molecular flexibility index (Phi) is 14.4. The first kappa shape index (κ1) is 50.9. The van der Waals surface area contributed by atoms with Crippen molar-refractivity contribution in [3.05, 3.63) is 231 Å². The lowest BCUT2D eigenvalue weighted by atomic mass is 10.1. The number of nitrogens with zero attached hydrogens (tertiary/aromatic N) is 6. The monoisotopic (exact) mass is 1080 g/mol. The van der Waals surface area contributed by atoms with Crippen molar-refractivity contribution in [2.24, 2.45) is 0 Å². The Balaban J connectivity index is 0.832. The Hall–Kier alpha value is -8.56. The molecule has 0 aliphatic carbocycles. The SMILES string of the molecule is CCCCn1c2cc(-c3ccc(-c4c[n+](CCCC)cc(-c5ccc(-c6ccc7c8ccc(N(c9ccccc9)c9ccccc9)cc8n(CCCC)c7c6)s5)n4)s3)ccc2c2ccc(N(c3ccccc3)c3ccccc3)cc21. The minimum Gasteiger partial charge on any atom is -0.340 e. The normalized spacial score (nSPS) is 11.6. The van der Waals surface area contributed by atoms with Gasteiger partial charge in [-0.2, -0.15) is 0 Å². The molecule has 0 bridgehead atoms. The molecule has 394 valence electrons. The number of fused-ring (bicyclic) bond motifs is 6. The van der Waals surface area contributed by atoms with E-state index >= 15 is 0 Å². The standard InChI is InChI=1S/C72H65N6S2/c1-4-7-42-74-49-63(71-40-38-69(79-71)51-30-34-59-61-36-32-57(47-67(61)75(43-8-5-2)65(59)45-51)77(53-22-14-10-15-23-53)54-24-16-11-17-25-54)73-64(50-74)72-41-39-70(80-72)52-31-35-60-62-37-33-58(48-68(62)76(44-9-6-3)66(60)46-52)78(55-26-18-12-19-27-55)56-28-20-13-21-29-56/h10-41,45-50H,4-9,42-44H2,1-3H3/q+1. The van der Waals surface area contributed by atoms with Gasteiger partial charge in [-0.05, 0) is 133 Å². The minimum absolute atomic E-state index is 0.944. The fourth-order valence-electron chi connectivity index (χ4n) is 11.6. The molecule has 0 atom stereocenters. The van der Waals surface area contributed by atoms with Gasteiger partial charge in [-0.25, -0.2) is 9.55 Å². The van der Waals surface area contributed by atoms with Gasteiger partial charge in [0.1, 0.15) is 17.9 Å². The molecule has 8 aromatic carbocycles. The molecular weight excluding hydrogens is 1010 g/mol. The van der Waals surface area contributed by atoms with Crippen molar-refractivity contribution in [3.8, 4) is 42.0 Å². The first-order chi connectivity index (χ1) is 39.5. The Labute approximate surface area is 477 Å². The molecular formula is C72H65N6S2+. The molecule has 0 aliphatic heterocycles. The third kappa shape index (κ3) is 9.88. The van der Waals surface area contributed by atoms with E-state index in [4.69, 9.17) is 4.98 Å². The average molecular weight is 1080 g/mol. The summed E-state index contributed by atoms with van der Waals surface area (Å²) >= 11 is 3.67. The van der Waals surface area contributed by atoms with Crippen molar-refractivity contribution in [2.45, 2.75) is 78.9 Å². The summed E-state index contributed by atoms with van der Waals surface area (Å²) in [5, 5.41) is 5.15. The van der Waals surface area contributed by atoms with Gasteiger partial charge >= 0.3 is 0 Å². The van der Waals surface area contributed by atoms with Crippen LogP contribution in [0.25, 0.3) is 85.6 Å². The number of para-hydroxylation sites is 4. The van der Waals surface area contributed by atoms with Gasteiger partial charge in [0.25, 0.3) is 0 Å². The van der Waals surface area contributed by atoms with Crippen molar-refractivity contribution >= 4 is 100 Å². The number of unbranched alkanes of at least 4 members (excludes halogenated alkanes) is 3. The van der Waals surface area contributed by atoms with Crippen LogP contribution in [0, 0.1) is 0 Å². The highest BCUT2D eigenvalue weighted by Gasteiger charge is 2.22. The lowest BCUT2D eigenvalue weighted by Crippen LogP contribution is -2.33. The van der Waals surface area contributed by atoms with E-state index in [2.05, 4.69) is 275 Å². The summed E-state index contributed by atoms with van der Waals surface area (Å²) < 4.78 is 7.49. The Morgan fingerprint density at radius 3 is 1.09 bits per heavy atom. The van der Waals surface area contributed by atoms with Crippen LogP contribution in [-0.2, 0) is 19.6 Å². The predicted molar refractivity (Wildman–Crippen MR) is 342 cm³/mol. The Bertz CT molecular complexity index is 3920. The molecule has 0 unspecified atom stereocenters. The zero-order chi connectivity index (χ0) is 53.9. The maximum absolute atomic E-state index is 5.47. The third-order valence-electron chi connectivity index (χ3n) is 15.6. The number of anilines is 6. The van der Waals surface area contributed by atoms with Gasteiger partial charge in [-0.15, -0.1) is 22.7 Å². The topological polar surface area (TPSA) is 33.1 Å². The molecule has 8 heteroatoms. The molecule has 0 amide bonds. The van der Waals surface area contributed by atoms with Crippen LogP contribution in [0.5, 0.6) is 0 Å². The van der Waals surface area contributed by atoms with Crippen LogP contribution in [0.4, 0.5) is 34.1 Å². The van der Waals surface area contributed by atoms with Gasteiger partial charge in [0.15, 0.2) is 12.4 Å². The van der Waals surface area contributed by atoms with Crippen LogP contribution in [0.3, 0.4) is 0 Å². The fraction of sp³-hybridized carbons (Fsp3) is 0.167. The van der Waals surface area contributed by atoms with Gasteiger partial charge in [-0.3, -0.25) is 0 Å². The van der Waals surface area contributed by atoms with E-state index in [0.717, 1.165) is 104 Å². The number of thiophene rings is 2. The third-order valence-corrected chi connectivity index (χ3v) is 17.9. The molecule has 5 heterocycles. The van der Waals surface area contributed by atoms with Crippen LogP contribution in [0.2, 0.25) is 0 Å². The smallest absolute Gasteiger partial charge is 0.196 e.